The van der Waals surface area contributed by atoms with Gasteiger partial charge in [-0.2, -0.15) is 0 Å². The van der Waals surface area contributed by atoms with E-state index in [9.17, 15) is 4.79 Å². The molecule has 0 radical (unpaired) electrons. The molecule has 0 bridgehead atoms. The Bertz CT molecular complexity index is 633. The number of hydrogen-bond donors (Lipinski definition) is 0. The SMILES string of the molecule is Cc1nnc(SCC(=O)OC(C)(C)C)n1Cc1ccccc1. The minimum atomic E-state index is -0.467. The maximum absolute atomic E-state index is 11.8. The highest BCUT2D eigenvalue weighted by molar-refractivity contribution is 7.99. The van der Waals surface area contributed by atoms with Crippen LogP contribution in [0.15, 0.2) is 35.5 Å². The van der Waals surface area contributed by atoms with Gasteiger partial charge < -0.3 is 9.30 Å². The van der Waals surface area contributed by atoms with Crippen LogP contribution in [-0.2, 0) is 16.1 Å². The van der Waals surface area contributed by atoms with Crippen molar-refractivity contribution in [2.24, 2.45) is 0 Å². The van der Waals surface area contributed by atoms with Crippen molar-refractivity contribution in [3.63, 3.8) is 0 Å². The number of esters is 1. The standard InChI is InChI=1S/C16H21N3O2S/c1-12-17-18-15(22-11-14(20)21-16(2,3)4)19(12)10-13-8-6-5-7-9-13/h5-9H,10-11H2,1-4H3. The monoisotopic (exact) mass is 319 g/mol. The van der Waals surface area contributed by atoms with E-state index in [0.29, 0.717) is 6.54 Å². The van der Waals surface area contributed by atoms with Crippen LogP contribution in [0.1, 0.15) is 32.2 Å². The van der Waals surface area contributed by atoms with Crippen LogP contribution >= 0.6 is 11.8 Å². The summed E-state index contributed by atoms with van der Waals surface area (Å²) in [6.45, 7) is 8.18. The molecule has 0 atom stereocenters. The van der Waals surface area contributed by atoms with Gasteiger partial charge in [0.1, 0.15) is 11.4 Å². The maximum Gasteiger partial charge on any atom is 0.316 e. The predicted octanol–water partition coefficient (Wildman–Crippen LogP) is 3.07. The minimum absolute atomic E-state index is 0.226. The first-order chi connectivity index (χ1) is 10.3. The van der Waals surface area contributed by atoms with Gasteiger partial charge in [-0.25, -0.2) is 0 Å². The molecule has 1 aromatic heterocycles. The number of rotatable bonds is 5. The minimum Gasteiger partial charge on any atom is -0.459 e. The van der Waals surface area contributed by atoms with Crippen molar-refractivity contribution in [3.8, 4) is 0 Å². The summed E-state index contributed by atoms with van der Waals surface area (Å²) in [4.78, 5) is 11.8. The van der Waals surface area contributed by atoms with Gasteiger partial charge in [0.05, 0.1) is 12.3 Å². The largest absolute Gasteiger partial charge is 0.459 e. The first kappa shape index (κ1) is 16.5. The zero-order chi connectivity index (χ0) is 16.2. The molecular weight excluding hydrogens is 298 g/mol. The number of nitrogens with zero attached hydrogens (tertiary/aromatic N) is 3. The van der Waals surface area contributed by atoms with Gasteiger partial charge in [0.25, 0.3) is 0 Å². The molecule has 0 aliphatic carbocycles. The molecule has 0 fully saturated rings. The number of carbonyl (C=O) groups excluding carboxylic acids is 1. The van der Waals surface area contributed by atoms with Gasteiger partial charge in [-0.15, -0.1) is 10.2 Å². The molecule has 0 saturated heterocycles. The van der Waals surface area contributed by atoms with Crippen LogP contribution < -0.4 is 0 Å². The zero-order valence-electron chi connectivity index (χ0n) is 13.4. The third kappa shape index (κ3) is 4.87. The normalized spacial score (nSPS) is 11.5. The van der Waals surface area contributed by atoms with E-state index in [4.69, 9.17) is 4.74 Å². The van der Waals surface area contributed by atoms with E-state index in [1.807, 2.05) is 50.5 Å². The fraction of sp³-hybridized carbons (Fsp3) is 0.438. The summed E-state index contributed by atoms with van der Waals surface area (Å²) >= 11 is 1.35. The van der Waals surface area contributed by atoms with E-state index in [2.05, 4.69) is 22.3 Å². The molecule has 22 heavy (non-hydrogen) atoms. The fourth-order valence-corrected chi connectivity index (χ4v) is 2.67. The number of thioether (sulfide) groups is 1. The van der Waals surface area contributed by atoms with Crippen LogP contribution in [0.3, 0.4) is 0 Å². The highest BCUT2D eigenvalue weighted by Gasteiger charge is 2.18. The Labute approximate surface area is 135 Å². The number of benzene rings is 1. The van der Waals surface area contributed by atoms with Crippen LogP contribution in [0.4, 0.5) is 0 Å². The molecule has 2 aromatic rings. The van der Waals surface area contributed by atoms with Crippen molar-refractivity contribution >= 4 is 17.7 Å². The molecule has 0 aliphatic heterocycles. The van der Waals surface area contributed by atoms with Gasteiger partial charge in [0.2, 0.25) is 0 Å². The second kappa shape index (κ2) is 6.96. The number of aromatic nitrogens is 3. The summed E-state index contributed by atoms with van der Waals surface area (Å²) in [5.74, 6) is 0.810. The van der Waals surface area contributed by atoms with Gasteiger partial charge >= 0.3 is 5.97 Å². The molecule has 1 heterocycles. The topological polar surface area (TPSA) is 57.0 Å². The van der Waals surface area contributed by atoms with Gasteiger partial charge in [0, 0.05) is 0 Å². The van der Waals surface area contributed by atoms with E-state index in [-0.39, 0.29) is 11.7 Å². The Morgan fingerprint density at radius 2 is 1.91 bits per heavy atom. The molecule has 5 nitrogen and oxygen atoms in total. The van der Waals surface area contributed by atoms with Crippen LogP contribution in [0.25, 0.3) is 0 Å². The molecule has 1 aromatic carbocycles. The summed E-state index contributed by atoms with van der Waals surface area (Å²) in [6.07, 6.45) is 0. The van der Waals surface area contributed by atoms with Crippen molar-refractivity contribution < 1.29 is 9.53 Å². The van der Waals surface area contributed by atoms with Gasteiger partial charge in [0.15, 0.2) is 5.16 Å². The number of hydrogen-bond acceptors (Lipinski definition) is 5. The van der Waals surface area contributed by atoms with Crippen LogP contribution in [0.5, 0.6) is 0 Å². The quantitative estimate of drug-likeness (QED) is 0.626. The first-order valence-electron chi connectivity index (χ1n) is 7.13. The third-order valence-electron chi connectivity index (χ3n) is 2.82. The van der Waals surface area contributed by atoms with Crippen molar-refractivity contribution in [1.82, 2.24) is 14.8 Å². The molecule has 0 saturated carbocycles. The third-order valence-corrected chi connectivity index (χ3v) is 3.76. The lowest BCUT2D eigenvalue weighted by atomic mass is 10.2. The number of ether oxygens (including phenoxy) is 1. The zero-order valence-corrected chi connectivity index (χ0v) is 14.2. The summed E-state index contributed by atoms with van der Waals surface area (Å²) in [7, 11) is 0. The molecule has 0 unspecified atom stereocenters. The van der Waals surface area contributed by atoms with E-state index < -0.39 is 5.60 Å². The Hall–Kier alpha value is -1.82. The van der Waals surface area contributed by atoms with Crippen molar-refractivity contribution in [3.05, 3.63) is 41.7 Å². The number of carbonyl (C=O) groups is 1. The van der Waals surface area contributed by atoms with Crippen molar-refractivity contribution in [1.29, 1.82) is 0 Å². The van der Waals surface area contributed by atoms with Crippen LogP contribution in [-0.4, -0.2) is 32.1 Å². The second-order valence-corrected chi connectivity index (χ2v) is 6.92. The lowest BCUT2D eigenvalue weighted by molar-refractivity contribution is -0.151. The van der Waals surface area contributed by atoms with Crippen molar-refractivity contribution in [2.45, 2.75) is 45.0 Å². The van der Waals surface area contributed by atoms with Crippen molar-refractivity contribution in [2.75, 3.05) is 5.75 Å². The summed E-state index contributed by atoms with van der Waals surface area (Å²) in [6, 6.07) is 10.1. The molecule has 0 spiro atoms. The van der Waals surface area contributed by atoms with Gasteiger partial charge in [-0.3, -0.25) is 4.79 Å². The summed E-state index contributed by atoms with van der Waals surface area (Å²) in [5.41, 5.74) is 0.704. The molecule has 0 aliphatic rings. The van der Waals surface area contributed by atoms with E-state index in [0.717, 1.165) is 11.0 Å². The van der Waals surface area contributed by atoms with Gasteiger partial charge in [-0.1, -0.05) is 42.1 Å². The van der Waals surface area contributed by atoms with Gasteiger partial charge in [-0.05, 0) is 33.3 Å². The van der Waals surface area contributed by atoms with Crippen LogP contribution in [0, 0.1) is 6.92 Å². The highest BCUT2D eigenvalue weighted by Crippen LogP contribution is 2.19. The predicted molar refractivity (Wildman–Crippen MR) is 86.9 cm³/mol. The highest BCUT2D eigenvalue weighted by atomic mass is 32.2. The lowest BCUT2D eigenvalue weighted by Crippen LogP contribution is -2.25. The summed E-state index contributed by atoms with van der Waals surface area (Å²) in [5, 5.41) is 8.98. The Balaban J connectivity index is 2.02. The number of aryl methyl sites for hydroxylation is 1. The molecule has 2 rings (SSSR count). The fourth-order valence-electron chi connectivity index (χ4n) is 1.91. The average Bonchev–Trinajstić information content (AvgIpc) is 2.77. The molecule has 6 heteroatoms. The Morgan fingerprint density at radius 3 is 2.55 bits per heavy atom. The van der Waals surface area contributed by atoms with Crippen LogP contribution in [0.2, 0.25) is 0 Å². The van der Waals surface area contributed by atoms with E-state index >= 15 is 0 Å². The van der Waals surface area contributed by atoms with E-state index in [1.165, 1.54) is 17.3 Å². The molecular formula is C16H21N3O2S. The molecule has 118 valence electrons. The first-order valence-corrected chi connectivity index (χ1v) is 8.12. The average molecular weight is 319 g/mol. The maximum atomic E-state index is 11.8. The second-order valence-electron chi connectivity index (χ2n) is 5.98. The smallest absolute Gasteiger partial charge is 0.316 e. The van der Waals surface area contributed by atoms with E-state index in [1.54, 1.807) is 0 Å². The lowest BCUT2D eigenvalue weighted by Gasteiger charge is -2.19. The Kier molecular flexibility index (Phi) is 5.24. The Morgan fingerprint density at radius 1 is 1.23 bits per heavy atom. The summed E-state index contributed by atoms with van der Waals surface area (Å²) < 4.78 is 7.31. The molecule has 0 N–H and O–H groups in total. The molecule has 0 amide bonds.